The van der Waals surface area contributed by atoms with Crippen LogP contribution in [0.15, 0.2) is 66.0 Å². The summed E-state index contributed by atoms with van der Waals surface area (Å²) in [5.74, 6) is 0.935. The molecule has 5 rings (SSSR count). The lowest BCUT2D eigenvalue weighted by Crippen LogP contribution is -2.42. The number of halogens is 1. The van der Waals surface area contributed by atoms with Gasteiger partial charge in [-0.1, -0.05) is 32.0 Å². The molecule has 3 atom stereocenters. The van der Waals surface area contributed by atoms with Crippen molar-refractivity contribution in [1.29, 1.82) is 0 Å². The molecular formula is C27H27FN4O2S. The van der Waals surface area contributed by atoms with Crippen molar-refractivity contribution in [3.05, 3.63) is 72.4 Å². The van der Waals surface area contributed by atoms with Crippen LogP contribution in [-0.2, 0) is 11.2 Å². The molecule has 0 radical (unpaired) electrons. The van der Waals surface area contributed by atoms with Gasteiger partial charge in [-0.25, -0.2) is 14.4 Å². The summed E-state index contributed by atoms with van der Waals surface area (Å²) in [6, 6.07) is 11.9. The standard InChI is InChI=1S/C27H27FN4O2S/c1-17-10-18(2)15-31(14-17)26(33)19-8-9-22-24(11-19)32(16-25(22)35(3)34)27-29-12-20(13-30-27)21-6-4-5-7-23(21)28/h4-9,11-13,16-18H,10,14-15H2,1-3H3. The van der Waals surface area contributed by atoms with Crippen LogP contribution in [0.1, 0.15) is 30.6 Å². The molecule has 3 heterocycles. The van der Waals surface area contributed by atoms with Gasteiger partial charge >= 0.3 is 0 Å². The van der Waals surface area contributed by atoms with Gasteiger partial charge in [0.05, 0.1) is 17.1 Å². The summed E-state index contributed by atoms with van der Waals surface area (Å²) in [6.45, 7) is 5.84. The normalized spacial score (nSPS) is 19.2. The minimum Gasteiger partial charge on any atom is -0.612 e. The Labute approximate surface area is 207 Å². The maximum atomic E-state index is 14.2. The molecule has 0 aliphatic carbocycles. The highest BCUT2D eigenvalue weighted by atomic mass is 32.2. The summed E-state index contributed by atoms with van der Waals surface area (Å²) >= 11 is -1.25. The average Bonchev–Trinajstić information content (AvgIpc) is 3.23. The lowest BCUT2D eigenvalue weighted by Gasteiger charge is -2.35. The molecule has 1 aliphatic rings. The van der Waals surface area contributed by atoms with Crippen molar-refractivity contribution in [2.75, 3.05) is 19.3 Å². The number of hydrogen-bond acceptors (Lipinski definition) is 4. The zero-order valence-electron chi connectivity index (χ0n) is 19.9. The second-order valence-electron chi connectivity index (χ2n) is 9.46. The van der Waals surface area contributed by atoms with Gasteiger partial charge in [-0.05, 0) is 53.7 Å². The van der Waals surface area contributed by atoms with Crippen LogP contribution in [0.25, 0.3) is 28.0 Å². The van der Waals surface area contributed by atoms with Crippen LogP contribution >= 0.6 is 0 Å². The second-order valence-corrected chi connectivity index (χ2v) is 10.8. The van der Waals surface area contributed by atoms with E-state index < -0.39 is 11.2 Å². The molecule has 0 N–H and O–H groups in total. The molecule has 4 aromatic rings. The highest BCUT2D eigenvalue weighted by molar-refractivity contribution is 7.91. The highest BCUT2D eigenvalue weighted by Crippen LogP contribution is 2.30. The van der Waals surface area contributed by atoms with E-state index in [1.54, 1.807) is 53.7 Å². The number of rotatable bonds is 4. The van der Waals surface area contributed by atoms with E-state index in [-0.39, 0.29) is 11.7 Å². The average molecular weight is 491 g/mol. The minimum atomic E-state index is -1.25. The number of piperidine rings is 1. The van der Waals surface area contributed by atoms with Crippen LogP contribution in [0.5, 0.6) is 0 Å². The van der Waals surface area contributed by atoms with E-state index in [0.717, 1.165) is 24.9 Å². The largest absolute Gasteiger partial charge is 0.612 e. The molecule has 0 saturated carbocycles. The van der Waals surface area contributed by atoms with Crippen molar-refractivity contribution in [1.82, 2.24) is 19.4 Å². The third-order valence-corrected chi connectivity index (χ3v) is 7.47. The number of amides is 1. The van der Waals surface area contributed by atoms with Crippen molar-refractivity contribution in [3.63, 3.8) is 0 Å². The predicted molar refractivity (Wildman–Crippen MR) is 135 cm³/mol. The van der Waals surface area contributed by atoms with Crippen LogP contribution in [0.4, 0.5) is 4.39 Å². The number of carbonyl (C=O) groups excluding carboxylic acids is 1. The Morgan fingerprint density at radius 3 is 2.43 bits per heavy atom. The van der Waals surface area contributed by atoms with Crippen molar-refractivity contribution >= 4 is 28.0 Å². The van der Waals surface area contributed by atoms with E-state index in [2.05, 4.69) is 23.8 Å². The molecule has 1 saturated heterocycles. The van der Waals surface area contributed by atoms with Gasteiger partial charge in [0.2, 0.25) is 5.95 Å². The molecule has 6 nitrogen and oxygen atoms in total. The van der Waals surface area contributed by atoms with Gasteiger partial charge in [0.1, 0.15) is 12.1 Å². The van der Waals surface area contributed by atoms with Crippen molar-refractivity contribution in [3.8, 4) is 17.1 Å². The topological polar surface area (TPSA) is 74.1 Å². The predicted octanol–water partition coefficient (Wildman–Crippen LogP) is 5.08. The number of likely N-dealkylation sites (tertiary alicyclic amines) is 1. The minimum absolute atomic E-state index is 0.00644. The summed E-state index contributed by atoms with van der Waals surface area (Å²) in [4.78, 5) is 24.8. The first-order valence-corrected chi connectivity index (χ1v) is 13.2. The van der Waals surface area contributed by atoms with E-state index in [4.69, 9.17) is 0 Å². The van der Waals surface area contributed by atoms with Gasteiger partial charge in [-0.2, -0.15) is 0 Å². The first-order chi connectivity index (χ1) is 16.8. The quantitative estimate of drug-likeness (QED) is 0.374. The summed E-state index contributed by atoms with van der Waals surface area (Å²) in [5, 5.41) is 0.782. The fraction of sp³-hybridized carbons (Fsp3) is 0.296. The van der Waals surface area contributed by atoms with Crippen LogP contribution in [-0.4, -0.2) is 49.2 Å². The second kappa shape index (κ2) is 9.43. The summed E-state index contributed by atoms with van der Waals surface area (Å²) in [5.41, 5.74) is 2.27. The summed E-state index contributed by atoms with van der Waals surface area (Å²) in [6.07, 6.45) is 7.63. The number of fused-ring (bicyclic) bond motifs is 1. The zero-order valence-corrected chi connectivity index (χ0v) is 20.8. The monoisotopic (exact) mass is 490 g/mol. The van der Waals surface area contributed by atoms with Crippen molar-refractivity contribution < 1.29 is 13.7 Å². The van der Waals surface area contributed by atoms with E-state index in [0.29, 0.717) is 44.9 Å². The van der Waals surface area contributed by atoms with Crippen LogP contribution in [0.3, 0.4) is 0 Å². The summed E-state index contributed by atoms with van der Waals surface area (Å²) in [7, 11) is 0. The fourth-order valence-electron chi connectivity index (χ4n) is 5.01. The van der Waals surface area contributed by atoms with Gasteiger partial charge in [0.25, 0.3) is 5.91 Å². The van der Waals surface area contributed by atoms with Gasteiger partial charge in [0, 0.05) is 42.2 Å². The van der Waals surface area contributed by atoms with Gasteiger partial charge < -0.3 is 9.45 Å². The fourth-order valence-corrected chi connectivity index (χ4v) is 5.75. The van der Waals surface area contributed by atoms with Gasteiger partial charge in [0.15, 0.2) is 4.90 Å². The molecule has 180 valence electrons. The van der Waals surface area contributed by atoms with E-state index in [1.807, 2.05) is 17.0 Å². The van der Waals surface area contributed by atoms with E-state index in [9.17, 15) is 13.7 Å². The third kappa shape index (κ3) is 4.56. The Bertz CT molecular complexity index is 1380. The molecule has 8 heteroatoms. The Kier molecular flexibility index (Phi) is 6.34. The maximum absolute atomic E-state index is 14.2. The van der Waals surface area contributed by atoms with Crippen molar-refractivity contribution in [2.24, 2.45) is 11.8 Å². The smallest absolute Gasteiger partial charge is 0.253 e. The lowest BCUT2D eigenvalue weighted by molar-refractivity contribution is 0.0623. The van der Waals surface area contributed by atoms with E-state index >= 15 is 0 Å². The van der Waals surface area contributed by atoms with E-state index in [1.165, 1.54) is 6.07 Å². The molecule has 1 aliphatic heterocycles. The van der Waals surface area contributed by atoms with Gasteiger partial charge in [-0.3, -0.25) is 9.36 Å². The first-order valence-electron chi connectivity index (χ1n) is 11.7. The number of nitrogens with zero attached hydrogens (tertiary/aromatic N) is 4. The Hall–Kier alpha value is -3.23. The molecule has 35 heavy (non-hydrogen) atoms. The Morgan fingerprint density at radius 2 is 1.77 bits per heavy atom. The van der Waals surface area contributed by atoms with Gasteiger partial charge in [-0.15, -0.1) is 0 Å². The third-order valence-electron chi connectivity index (χ3n) is 6.52. The molecule has 0 bridgehead atoms. The molecular weight excluding hydrogens is 463 g/mol. The maximum Gasteiger partial charge on any atom is 0.253 e. The molecule has 1 fully saturated rings. The molecule has 1 amide bonds. The number of carbonyl (C=O) groups is 1. The van der Waals surface area contributed by atoms with Crippen molar-refractivity contribution in [2.45, 2.75) is 25.2 Å². The number of hydrogen-bond donors (Lipinski definition) is 0. The SMILES string of the molecule is CC1CC(C)CN(C(=O)c2ccc3c([S+](C)[O-])cn(-c4ncc(-c5ccccc5F)cn4)c3c2)C1. The highest BCUT2D eigenvalue weighted by Gasteiger charge is 2.27. The summed E-state index contributed by atoms with van der Waals surface area (Å²) < 4.78 is 28.4. The zero-order chi connectivity index (χ0) is 24.7. The van der Waals surface area contributed by atoms with Crippen LogP contribution < -0.4 is 0 Å². The first kappa shape index (κ1) is 23.5. The molecule has 2 aromatic heterocycles. The van der Waals surface area contributed by atoms with Crippen LogP contribution in [0.2, 0.25) is 0 Å². The number of aromatic nitrogens is 3. The molecule has 2 aromatic carbocycles. The Morgan fingerprint density at radius 1 is 1.09 bits per heavy atom. The lowest BCUT2D eigenvalue weighted by atomic mass is 9.91. The van der Waals surface area contributed by atoms with Crippen LogP contribution in [0, 0.1) is 17.7 Å². The Balaban J connectivity index is 1.55. The molecule has 3 unspecified atom stereocenters. The molecule has 0 spiro atoms. The number of benzene rings is 2.